The molecule has 0 spiro atoms. The lowest BCUT2D eigenvalue weighted by atomic mass is 10.1. The third kappa shape index (κ3) is 1.88. The van der Waals surface area contributed by atoms with Gasteiger partial charge >= 0.3 is 0 Å². The molecule has 2 aliphatic rings. The van der Waals surface area contributed by atoms with Crippen molar-refractivity contribution in [3.63, 3.8) is 0 Å². The number of carbonyl (C=O) groups is 1. The van der Waals surface area contributed by atoms with E-state index >= 15 is 0 Å². The van der Waals surface area contributed by atoms with E-state index in [0.29, 0.717) is 28.5 Å². The van der Waals surface area contributed by atoms with Gasteiger partial charge in [-0.3, -0.25) is 4.79 Å². The lowest BCUT2D eigenvalue weighted by molar-refractivity contribution is 0.102. The van der Waals surface area contributed by atoms with Gasteiger partial charge in [0.25, 0.3) is 5.91 Å². The molecule has 112 valence electrons. The van der Waals surface area contributed by atoms with Crippen LogP contribution in [-0.2, 0) is 6.56 Å². The first-order valence-corrected chi connectivity index (χ1v) is 7.16. The lowest BCUT2D eigenvalue weighted by Crippen LogP contribution is -2.22. The Hall–Kier alpha value is -2.47. The van der Waals surface area contributed by atoms with Crippen LogP contribution in [0.5, 0.6) is 0 Å². The Morgan fingerprint density at radius 1 is 1.45 bits per heavy atom. The molecule has 22 heavy (non-hydrogen) atoms. The average Bonchev–Trinajstić information content (AvgIpc) is 3.34. The Balaban J connectivity index is 1.97. The second-order valence-corrected chi connectivity index (χ2v) is 5.54. The first-order valence-electron chi connectivity index (χ1n) is 8.16. The number of anilines is 3. The van der Waals surface area contributed by atoms with Gasteiger partial charge in [0.15, 0.2) is 5.82 Å². The van der Waals surface area contributed by atoms with E-state index < -0.39 is 6.56 Å². The maximum absolute atomic E-state index is 12.6. The van der Waals surface area contributed by atoms with Gasteiger partial charge in [0.1, 0.15) is 5.82 Å². The molecule has 0 bridgehead atoms. The van der Waals surface area contributed by atoms with Gasteiger partial charge in [-0.2, -0.15) is 0 Å². The zero-order valence-corrected chi connectivity index (χ0v) is 12.0. The fraction of sp³-hybridized carbons (Fsp3) is 0.312. The molecular formula is C16H16N4O2. The highest BCUT2D eigenvalue weighted by molar-refractivity contribution is 6.12. The Morgan fingerprint density at radius 3 is 3.00 bits per heavy atom. The van der Waals surface area contributed by atoms with E-state index in [0.717, 1.165) is 12.8 Å². The number of aliphatic hydroxyl groups is 1. The first kappa shape index (κ1) is 11.1. The van der Waals surface area contributed by atoms with E-state index in [9.17, 15) is 9.90 Å². The molecular weight excluding hydrogens is 280 g/mol. The molecule has 0 atom stereocenters. The van der Waals surface area contributed by atoms with E-state index in [1.165, 1.54) is 6.20 Å². The predicted molar refractivity (Wildman–Crippen MR) is 82.2 cm³/mol. The summed E-state index contributed by atoms with van der Waals surface area (Å²) in [5.74, 6) is 0.778. The Labute approximate surface area is 130 Å². The van der Waals surface area contributed by atoms with Crippen molar-refractivity contribution in [2.45, 2.75) is 32.4 Å². The number of fused-ring (bicyclic) bond motifs is 2. The molecule has 1 aliphatic heterocycles. The van der Waals surface area contributed by atoms with E-state index in [1.54, 1.807) is 25.3 Å². The summed E-state index contributed by atoms with van der Waals surface area (Å²) in [6.07, 6.45) is 4.92. The summed E-state index contributed by atoms with van der Waals surface area (Å²) in [7, 11) is 0. The molecule has 2 N–H and O–H groups in total. The van der Waals surface area contributed by atoms with Crippen LogP contribution in [0, 0.1) is 6.92 Å². The minimum absolute atomic E-state index is 0.0382. The number of nitrogens with one attached hydrogen (secondary N) is 1. The fourth-order valence-electron chi connectivity index (χ4n) is 2.76. The van der Waals surface area contributed by atoms with Crippen LogP contribution in [0.2, 0.25) is 0 Å². The molecule has 0 unspecified atom stereocenters. The average molecular weight is 298 g/mol. The van der Waals surface area contributed by atoms with Crippen LogP contribution in [0.25, 0.3) is 0 Å². The summed E-state index contributed by atoms with van der Waals surface area (Å²) >= 11 is 0. The lowest BCUT2D eigenvalue weighted by Gasteiger charge is -2.24. The van der Waals surface area contributed by atoms with Crippen molar-refractivity contribution >= 4 is 23.2 Å². The Bertz CT molecular complexity index is 846. The summed E-state index contributed by atoms with van der Waals surface area (Å²) in [6.45, 7) is -0.864. The highest BCUT2D eigenvalue weighted by atomic mass is 16.3. The second-order valence-electron chi connectivity index (χ2n) is 5.54. The largest absolute Gasteiger partial charge is 0.392 e. The van der Waals surface area contributed by atoms with Gasteiger partial charge in [-0.25, -0.2) is 9.97 Å². The number of hydrogen-bond acceptors (Lipinski definition) is 5. The minimum atomic E-state index is -2.53. The monoisotopic (exact) mass is 298 g/mol. The molecule has 0 aromatic carbocycles. The van der Waals surface area contributed by atoms with Crippen LogP contribution in [-0.4, -0.2) is 27.0 Å². The minimum Gasteiger partial charge on any atom is -0.392 e. The Morgan fingerprint density at radius 2 is 2.27 bits per heavy atom. The molecule has 1 amide bonds. The molecule has 2 aromatic rings. The normalized spacial score (nSPS) is 18.6. The van der Waals surface area contributed by atoms with E-state index in [4.69, 9.17) is 2.74 Å². The van der Waals surface area contributed by atoms with Gasteiger partial charge in [-0.15, -0.1) is 0 Å². The first-order chi connectivity index (χ1) is 11.4. The second kappa shape index (κ2) is 4.78. The molecule has 4 rings (SSSR count). The molecule has 0 radical (unpaired) electrons. The van der Waals surface area contributed by atoms with Crippen LogP contribution >= 0.6 is 0 Å². The van der Waals surface area contributed by atoms with Gasteiger partial charge in [-0.05, 0) is 37.5 Å². The summed E-state index contributed by atoms with van der Waals surface area (Å²) in [5, 5.41) is 12.5. The van der Waals surface area contributed by atoms with Crippen molar-refractivity contribution in [3.8, 4) is 0 Å². The van der Waals surface area contributed by atoms with Gasteiger partial charge in [0, 0.05) is 24.0 Å². The van der Waals surface area contributed by atoms with Gasteiger partial charge in [-0.1, -0.05) is 0 Å². The summed E-state index contributed by atoms with van der Waals surface area (Å²) in [4.78, 5) is 23.3. The van der Waals surface area contributed by atoms with Crippen molar-refractivity contribution < 1.29 is 12.6 Å². The van der Waals surface area contributed by atoms with Crippen molar-refractivity contribution in [2.75, 3.05) is 10.2 Å². The standard InChI is InChI=1S/C16H16N4O2/c1-9-10(8-21)7-18-15-13(9)19-16(22)12-3-2-6-17-14(12)20(15)11-4-5-11/h2-3,6-7,11,21H,4-5,8H2,1H3,(H,19,22)/i8D2. The zero-order chi connectivity index (χ0) is 17.1. The van der Waals surface area contributed by atoms with E-state index in [2.05, 4.69) is 15.3 Å². The molecule has 6 nitrogen and oxygen atoms in total. The van der Waals surface area contributed by atoms with Crippen LogP contribution < -0.4 is 10.2 Å². The number of carbonyl (C=O) groups excluding carboxylic acids is 1. The van der Waals surface area contributed by atoms with Crippen LogP contribution in [0.3, 0.4) is 0 Å². The number of rotatable bonds is 2. The molecule has 2 aromatic heterocycles. The van der Waals surface area contributed by atoms with Gasteiger partial charge in [0.2, 0.25) is 0 Å². The molecule has 6 heteroatoms. The zero-order valence-electron chi connectivity index (χ0n) is 14.0. The number of nitrogens with zero attached hydrogens (tertiary/aromatic N) is 3. The highest BCUT2D eigenvalue weighted by Crippen LogP contribution is 2.44. The predicted octanol–water partition coefficient (Wildman–Crippen LogP) is 2.14. The van der Waals surface area contributed by atoms with Crippen LogP contribution in [0.1, 0.15) is 37.1 Å². The molecule has 1 fully saturated rings. The topological polar surface area (TPSA) is 78.4 Å². The molecule has 1 saturated carbocycles. The Kier molecular flexibility index (Phi) is 2.42. The fourth-order valence-corrected chi connectivity index (χ4v) is 2.76. The molecule has 3 heterocycles. The number of pyridine rings is 2. The van der Waals surface area contributed by atoms with Crippen LogP contribution in [0.15, 0.2) is 24.5 Å². The van der Waals surface area contributed by atoms with Gasteiger partial charge in [0.05, 0.1) is 20.6 Å². The molecule has 1 aliphatic carbocycles. The number of aromatic nitrogens is 2. The smallest absolute Gasteiger partial charge is 0.259 e. The summed E-state index contributed by atoms with van der Waals surface area (Å²) in [5.41, 5.74) is 1.37. The summed E-state index contributed by atoms with van der Waals surface area (Å²) < 4.78 is 15.1. The van der Waals surface area contributed by atoms with Crippen molar-refractivity contribution in [2.24, 2.45) is 0 Å². The van der Waals surface area contributed by atoms with Crippen LogP contribution in [0.4, 0.5) is 17.3 Å². The van der Waals surface area contributed by atoms with Gasteiger partial charge < -0.3 is 15.3 Å². The third-order valence-corrected chi connectivity index (χ3v) is 4.08. The quantitative estimate of drug-likeness (QED) is 0.888. The number of amides is 1. The maximum atomic E-state index is 12.6. The summed E-state index contributed by atoms with van der Waals surface area (Å²) in [6, 6.07) is 3.63. The SMILES string of the molecule is [2H]C([2H])(O)c1cnc2c(c1C)NC(=O)c1cccnc1N2C1CC1. The van der Waals surface area contributed by atoms with Crippen molar-refractivity contribution in [1.29, 1.82) is 0 Å². The molecule has 0 saturated heterocycles. The maximum Gasteiger partial charge on any atom is 0.259 e. The van der Waals surface area contributed by atoms with Crippen molar-refractivity contribution in [3.05, 3.63) is 41.2 Å². The van der Waals surface area contributed by atoms with E-state index in [-0.39, 0.29) is 17.5 Å². The number of hydrogen-bond donors (Lipinski definition) is 2. The highest BCUT2D eigenvalue weighted by Gasteiger charge is 2.38. The van der Waals surface area contributed by atoms with Crippen molar-refractivity contribution in [1.82, 2.24) is 9.97 Å². The van der Waals surface area contributed by atoms with E-state index in [1.807, 2.05) is 4.90 Å². The third-order valence-electron chi connectivity index (χ3n) is 4.08.